The van der Waals surface area contributed by atoms with Crippen molar-refractivity contribution in [1.29, 1.82) is 0 Å². The molecule has 24 heteroatoms. The Morgan fingerprint density at radius 1 is 0.500 bits per heavy atom. The molecular weight excluding hydrogens is 670 g/mol. The van der Waals surface area contributed by atoms with Crippen molar-refractivity contribution < 1.29 is 115 Å². The molecule has 0 aromatic rings. The zero-order valence-corrected chi connectivity index (χ0v) is 24.9. The lowest BCUT2D eigenvalue weighted by molar-refractivity contribution is -0.983. The van der Waals surface area contributed by atoms with E-state index in [9.17, 15) is 76.4 Å². The van der Waals surface area contributed by atoms with E-state index in [-0.39, 0.29) is 0 Å². The molecule has 4 rings (SSSR count). The van der Waals surface area contributed by atoms with Crippen molar-refractivity contribution in [2.45, 2.75) is 110 Å². The zero-order chi connectivity index (χ0) is 35.7. The van der Waals surface area contributed by atoms with Gasteiger partial charge in [0, 0.05) is 0 Å². The first kappa shape index (κ1) is 39.2. The highest BCUT2D eigenvalue weighted by Crippen LogP contribution is 2.37. The third-order valence-corrected chi connectivity index (χ3v) is 8.47. The lowest BCUT2D eigenvalue weighted by Gasteiger charge is -2.43. The molecule has 0 aromatic heterocycles. The first-order valence-electron chi connectivity index (χ1n) is 14.6. The second-order valence-corrected chi connectivity index (χ2v) is 11.6. The number of hydrogen-bond donors (Lipinski definition) is 14. The van der Waals surface area contributed by atoms with E-state index in [0.717, 1.165) is 0 Å². The minimum Gasteiger partial charge on any atom is -0.394 e. The van der Waals surface area contributed by atoms with Crippen LogP contribution in [0.2, 0.25) is 0 Å². The summed E-state index contributed by atoms with van der Waals surface area (Å²) in [6.45, 7) is -5.75. The average molecular weight is 713 g/mol. The van der Waals surface area contributed by atoms with Gasteiger partial charge in [0.05, 0.1) is 13.2 Å². The van der Waals surface area contributed by atoms with Crippen LogP contribution in [0.3, 0.4) is 0 Å². The standard InChI is InChI=1S/C24H42NO23/c26-1-7-13(32)19(38)23(5-28,45-7)47-21-17(36)15(34)11(30)9(43-21)3-41-25(40)42-4-10-12(31)16(35)18(37)22(44-10)48-24(6-29)20(39)14(33)8(2-27)46-24/h7-22,26-39H,1-6H2/q+1/t7-,8-,9-,10-,11-,12-,13-,14-,15+,16+,17-,18-,19+,20+,21-,22-,23+,24+/m1/s1. The molecule has 18 atom stereocenters. The van der Waals surface area contributed by atoms with E-state index < -0.39 is 154 Å². The van der Waals surface area contributed by atoms with Crippen molar-refractivity contribution in [2.24, 2.45) is 0 Å². The normalized spacial score (nSPS) is 49.6. The van der Waals surface area contributed by atoms with Crippen molar-refractivity contribution in [2.75, 3.05) is 39.6 Å². The molecule has 0 radical (unpaired) electrons. The SMILES string of the molecule is O=[N+](OC[C@H]1O[C@H](O[C@]2(CO)O[C@H](CO)[C@@H](O)[C@@H]2O)[C@H](O)[C@@H](O)[C@@H]1O)OC[C@H]1O[C@H](O[C@]2(CO)O[C@H](CO)[C@@H](O)[C@@H]2O)[C@H](O)[C@@H](O)[C@@H]1O. The molecular formula is C24H42NO23+. The quantitative estimate of drug-likeness (QED) is 0.0743. The van der Waals surface area contributed by atoms with Gasteiger partial charge in [0.15, 0.2) is 25.8 Å². The molecule has 0 bridgehead atoms. The van der Waals surface area contributed by atoms with Gasteiger partial charge in [-0.2, -0.15) is 9.68 Å². The molecule has 0 amide bonds. The van der Waals surface area contributed by atoms with Gasteiger partial charge in [-0.05, 0) is 0 Å². The molecule has 14 N–H and O–H groups in total. The van der Waals surface area contributed by atoms with Crippen LogP contribution in [0, 0.1) is 4.91 Å². The number of aliphatic hydroxyl groups excluding tert-OH is 14. The highest BCUT2D eigenvalue weighted by atomic mass is 17.0. The molecule has 24 nitrogen and oxygen atoms in total. The summed E-state index contributed by atoms with van der Waals surface area (Å²) >= 11 is 0. The molecule has 0 saturated carbocycles. The number of ether oxygens (including phenoxy) is 6. The van der Waals surface area contributed by atoms with Gasteiger partial charge < -0.3 is 99.9 Å². The Morgan fingerprint density at radius 2 is 0.854 bits per heavy atom. The van der Waals surface area contributed by atoms with Crippen LogP contribution in [0.1, 0.15) is 0 Å². The van der Waals surface area contributed by atoms with Gasteiger partial charge in [0.1, 0.15) is 104 Å². The lowest BCUT2D eigenvalue weighted by atomic mass is 9.99. The van der Waals surface area contributed by atoms with Crippen LogP contribution in [0.4, 0.5) is 0 Å². The maximum atomic E-state index is 12.3. The topological polar surface area (TPSA) is 377 Å². The minimum atomic E-state index is -2.46. The summed E-state index contributed by atoms with van der Waals surface area (Å²) in [6, 6.07) is 0. The summed E-state index contributed by atoms with van der Waals surface area (Å²) in [7, 11) is 0. The van der Waals surface area contributed by atoms with Gasteiger partial charge in [-0.15, -0.1) is 0 Å². The molecule has 4 fully saturated rings. The predicted octanol–water partition coefficient (Wildman–Crippen LogP) is -10.1. The van der Waals surface area contributed by atoms with Crippen LogP contribution in [0.25, 0.3) is 0 Å². The van der Waals surface area contributed by atoms with Gasteiger partial charge in [-0.25, -0.2) is 0 Å². The monoisotopic (exact) mass is 712 g/mol. The molecule has 4 aliphatic heterocycles. The van der Waals surface area contributed by atoms with Crippen LogP contribution in [-0.2, 0) is 38.1 Å². The molecule has 0 spiro atoms. The molecule has 280 valence electrons. The fourth-order valence-electron chi connectivity index (χ4n) is 5.54. The number of aliphatic hydroxyl groups is 14. The van der Waals surface area contributed by atoms with Gasteiger partial charge in [0.2, 0.25) is 11.6 Å². The summed E-state index contributed by atoms with van der Waals surface area (Å²) < 4.78 is 31.8. The van der Waals surface area contributed by atoms with Crippen molar-refractivity contribution in [3.8, 4) is 0 Å². The molecule has 0 aromatic carbocycles. The summed E-state index contributed by atoms with van der Waals surface area (Å²) in [6.07, 6.45) is -29.6. The third kappa shape index (κ3) is 7.39. The van der Waals surface area contributed by atoms with E-state index in [4.69, 9.17) is 38.1 Å². The number of hydrogen-bond acceptors (Lipinski definition) is 23. The van der Waals surface area contributed by atoms with Gasteiger partial charge in [0.25, 0.3) is 0 Å². The molecule has 48 heavy (non-hydrogen) atoms. The average Bonchev–Trinajstić information content (AvgIpc) is 3.47. The van der Waals surface area contributed by atoms with Gasteiger partial charge in [-0.3, -0.25) is 0 Å². The van der Waals surface area contributed by atoms with E-state index in [1.807, 2.05) is 0 Å². The van der Waals surface area contributed by atoms with Crippen LogP contribution in [0.5, 0.6) is 0 Å². The Bertz CT molecular complexity index is 984. The Kier molecular flexibility index (Phi) is 12.9. The van der Waals surface area contributed by atoms with Crippen LogP contribution >= 0.6 is 0 Å². The minimum absolute atomic E-state index is 0.574. The lowest BCUT2D eigenvalue weighted by Crippen LogP contribution is -2.63. The predicted molar refractivity (Wildman–Crippen MR) is 139 cm³/mol. The molecule has 4 saturated heterocycles. The Labute approximate surface area is 269 Å². The highest BCUT2D eigenvalue weighted by Gasteiger charge is 2.60. The second kappa shape index (κ2) is 15.7. The van der Waals surface area contributed by atoms with Crippen LogP contribution in [-0.4, -0.2) is 226 Å². The third-order valence-electron chi connectivity index (χ3n) is 8.47. The van der Waals surface area contributed by atoms with E-state index in [0.29, 0.717) is 0 Å². The van der Waals surface area contributed by atoms with E-state index >= 15 is 0 Å². The van der Waals surface area contributed by atoms with Gasteiger partial charge in [-0.1, -0.05) is 0 Å². The van der Waals surface area contributed by atoms with Crippen LogP contribution in [0.15, 0.2) is 0 Å². The fourth-order valence-corrected chi connectivity index (χ4v) is 5.54. The summed E-state index contributed by atoms with van der Waals surface area (Å²) in [5.74, 6) is -4.92. The highest BCUT2D eigenvalue weighted by molar-refractivity contribution is 5.00. The van der Waals surface area contributed by atoms with Crippen molar-refractivity contribution in [3.05, 3.63) is 4.91 Å². The fraction of sp³-hybridized carbons (Fsp3) is 1.00. The van der Waals surface area contributed by atoms with E-state index in [1.165, 1.54) is 0 Å². The van der Waals surface area contributed by atoms with Crippen molar-refractivity contribution in [3.63, 3.8) is 0 Å². The Hall–Kier alpha value is -1.60. The summed E-state index contributed by atoms with van der Waals surface area (Å²) in [4.78, 5) is 21.8. The summed E-state index contributed by atoms with van der Waals surface area (Å²) in [5.41, 5.74) is 0. The molecule has 4 aliphatic rings. The van der Waals surface area contributed by atoms with E-state index in [1.54, 1.807) is 0 Å². The van der Waals surface area contributed by atoms with Crippen molar-refractivity contribution in [1.82, 2.24) is 0 Å². The van der Waals surface area contributed by atoms with Crippen LogP contribution < -0.4 is 0 Å². The maximum absolute atomic E-state index is 12.3. The first-order valence-corrected chi connectivity index (χ1v) is 14.6. The molecule has 0 aliphatic carbocycles. The second-order valence-electron chi connectivity index (χ2n) is 11.6. The van der Waals surface area contributed by atoms with E-state index in [2.05, 4.69) is 0 Å². The smallest absolute Gasteiger partial charge is 0.394 e. The largest absolute Gasteiger partial charge is 0.477 e. The number of nitrogens with zero attached hydrogens (tertiary/aromatic N) is 1. The number of rotatable bonds is 14. The van der Waals surface area contributed by atoms with Gasteiger partial charge >= 0.3 is 5.09 Å². The maximum Gasteiger partial charge on any atom is 0.477 e. The summed E-state index contributed by atoms with van der Waals surface area (Å²) in [5, 5.41) is 141. The molecule has 0 unspecified atom stereocenters. The Morgan fingerprint density at radius 3 is 1.15 bits per heavy atom. The zero-order valence-electron chi connectivity index (χ0n) is 24.9. The Balaban J connectivity index is 1.34. The molecule has 4 heterocycles. The van der Waals surface area contributed by atoms with Crippen molar-refractivity contribution >= 4 is 0 Å². The first-order chi connectivity index (χ1) is 22.6.